The fourth-order valence-corrected chi connectivity index (χ4v) is 2.35. The third kappa shape index (κ3) is 3.27. The number of para-hydroxylation sites is 2. The number of aromatic hydroxyl groups is 1. The molecule has 128 valence electrons. The van der Waals surface area contributed by atoms with Crippen molar-refractivity contribution in [3.63, 3.8) is 0 Å². The number of benzene rings is 2. The maximum atomic E-state index is 12.3. The lowest BCUT2D eigenvalue weighted by molar-refractivity contribution is -0.124. The molecule has 3 aromatic rings. The first-order valence-corrected chi connectivity index (χ1v) is 7.60. The molecule has 0 fully saturated rings. The highest BCUT2D eigenvalue weighted by atomic mass is 16.5. The summed E-state index contributed by atoms with van der Waals surface area (Å²) in [5.41, 5.74) is 4.35. The number of hydrazone groups is 1. The number of ether oxygens (including phenoxy) is 1. The van der Waals surface area contributed by atoms with Gasteiger partial charge in [-0.15, -0.1) is 5.10 Å². The summed E-state index contributed by atoms with van der Waals surface area (Å²) in [5.74, 6) is -0.0645. The van der Waals surface area contributed by atoms with E-state index >= 15 is 0 Å². The third-order valence-corrected chi connectivity index (χ3v) is 3.75. The minimum atomic E-state index is -0.594. The molecule has 3 rings (SSSR count). The zero-order chi connectivity index (χ0) is 17.8. The topological polar surface area (TPSA) is 102 Å². The van der Waals surface area contributed by atoms with Gasteiger partial charge in [0.05, 0.1) is 18.8 Å². The summed E-state index contributed by atoms with van der Waals surface area (Å²) in [7, 11) is 1.46. The number of fused-ring (bicyclic) bond motifs is 1. The summed E-state index contributed by atoms with van der Waals surface area (Å²) in [5, 5.41) is 21.9. The average molecular weight is 339 g/mol. The number of phenols is 1. The lowest BCUT2D eigenvalue weighted by Gasteiger charge is -2.10. The molecule has 0 radical (unpaired) electrons. The van der Waals surface area contributed by atoms with E-state index in [2.05, 4.69) is 20.8 Å². The van der Waals surface area contributed by atoms with Crippen molar-refractivity contribution in [3.8, 4) is 11.5 Å². The summed E-state index contributed by atoms with van der Waals surface area (Å²) in [6, 6.07) is 11.8. The van der Waals surface area contributed by atoms with Gasteiger partial charge in [-0.3, -0.25) is 4.79 Å². The highest BCUT2D eigenvalue weighted by Gasteiger charge is 2.18. The molecule has 1 atom stereocenters. The second-order valence-corrected chi connectivity index (χ2v) is 5.33. The Labute approximate surface area is 143 Å². The van der Waals surface area contributed by atoms with Crippen LogP contribution in [0.4, 0.5) is 0 Å². The van der Waals surface area contributed by atoms with Gasteiger partial charge in [-0.1, -0.05) is 23.4 Å². The van der Waals surface area contributed by atoms with E-state index in [4.69, 9.17) is 4.74 Å². The minimum Gasteiger partial charge on any atom is -0.504 e. The van der Waals surface area contributed by atoms with E-state index in [-0.39, 0.29) is 11.7 Å². The lowest BCUT2D eigenvalue weighted by Crippen LogP contribution is -2.28. The standard InChI is InChI=1S/C17H17N5O3/c1-11(22-14-8-4-3-7-13(14)19-21-22)17(24)20-18-10-12-6-5-9-15(25-2)16(12)23/h3-11,23H,1-2H3,(H,20,24)/b18-10-/t11-/m1/s1. The highest BCUT2D eigenvalue weighted by molar-refractivity contribution is 5.87. The molecular formula is C17H17N5O3. The Bertz CT molecular complexity index is 935. The maximum absolute atomic E-state index is 12.3. The largest absolute Gasteiger partial charge is 0.504 e. The van der Waals surface area contributed by atoms with Crippen molar-refractivity contribution in [1.29, 1.82) is 0 Å². The quantitative estimate of drug-likeness (QED) is 0.546. The number of nitrogens with zero attached hydrogens (tertiary/aromatic N) is 4. The van der Waals surface area contributed by atoms with Crippen molar-refractivity contribution in [2.24, 2.45) is 5.10 Å². The van der Waals surface area contributed by atoms with E-state index in [0.717, 1.165) is 5.52 Å². The zero-order valence-corrected chi connectivity index (χ0v) is 13.7. The summed E-state index contributed by atoms with van der Waals surface area (Å²) in [6.45, 7) is 1.70. The number of carbonyl (C=O) groups excluding carboxylic acids is 1. The van der Waals surface area contributed by atoms with Crippen LogP contribution in [0.25, 0.3) is 11.0 Å². The molecule has 2 aromatic carbocycles. The van der Waals surface area contributed by atoms with E-state index in [1.807, 2.05) is 24.3 Å². The normalized spacial score (nSPS) is 12.4. The molecule has 25 heavy (non-hydrogen) atoms. The Morgan fingerprint density at radius 3 is 2.92 bits per heavy atom. The van der Waals surface area contributed by atoms with Crippen molar-refractivity contribution in [1.82, 2.24) is 20.4 Å². The molecule has 0 saturated heterocycles. The van der Waals surface area contributed by atoms with Gasteiger partial charge in [-0.25, -0.2) is 10.1 Å². The number of nitrogens with one attached hydrogen (secondary N) is 1. The first-order chi connectivity index (χ1) is 12.1. The fourth-order valence-electron chi connectivity index (χ4n) is 2.35. The third-order valence-electron chi connectivity index (χ3n) is 3.75. The fraction of sp³-hybridized carbons (Fsp3) is 0.176. The summed E-state index contributed by atoms with van der Waals surface area (Å²) >= 11 is 0. The molecule has 0 aliphatic carbocycles. The van der Waals surface area contributed by atoms with Gasteiger partial charge >= 0.3 is 0 Å². The van der Waals surface area contributed by atoms with Crippen LogP contribution in [-0.4, -0.2) is 39.3 Å². The lowest BCUT2D eigenvalue weighted by atomic mass is 10.2. The number of hydrogen-bond donors (Lipinski definition) is 2. The van der Waals surface area contributed by atoms with Gasteiger partial charge in [-0.05, 0) is 31.2 Å². The van der Waals surface area contributed by atoms with E-state index in [0.29, 0.717) is 16.8 Å². The number of aromatic nitrogens is 3. The second kappa shape index (κ2) is 7.00. The number of amides is 1. The van der Waals surface area contributed by atoms with Gasteiger partial charge in [0.2, 0.25) is 0 Å². The zero-order valence-electron chi connectivity index (χ0n) is 13.7. The van der Waals surface area contributed by atoms with Gasteiger partial charge < -0.3 is 9.84 Å². The molecule has 8 nitrogen and oxygen atoms in total. The van der Waals surface area contributed by atoms with Gasteiger partial charge in [0.1, 0.15) is 11.6 Å². The molecule has 0 spiro atoms. The van der Waals surface area contributed by atoms with Crippen molar-refractivity contribution >= 4 is 23.2 Å². The molecule has 1 heterocycles. The van der Waals surface area contributed by atoms with Crippen molar-refractivity contribution < 1.29 is 14.6 Å². The Morgan fingerprint density at radius 1 is 1.32 bits per heavy atom. The van der Waals surface area contributed by atoms with Gasteiger partial charge in [0.15, 0.2) is 11.5 Å². The highest BCUT2D eigenvalue weighted by Crippen LogP contribution is 2.27. The van der Waals surface area contributed by atoms with E-state index in [1.54, 1.807) is 25.1 Å². The molecule has 0 bridgehead atoms. The monoisotopic (exact) mass is 339 g/mol. The SMILES string of the molecule is COc1cccc(/C=N\NC(=O)[C@@H](C)n2nnc3ccccc32)c1O. The predicted octanol–water partition coefficient (Wildman–Crippen LogP) is 1.86. The second-order valence-electron chi connectivity index (χ2n) is 5.33. The Hall–Kier alpha value is -3.42. The molecule has 8 heteroatoms. The summed E-state index contributed by atoms with van der Waals surface area (Å²) in [4.78, 5) is 12.3. The number of phenolic OH excluding ortho intramolecular Hbond substituents is 1. The molecule has 0 aliphatic heterocycles. The first-order valence-electron chi connectivity index (χ1n) is 7.60. The molecule has 0 aliphatic rings. The van der Waals surface area contributed by atoms with Crippen LogP contribution in [0.2, 0.25) is 0 Å². The van der Waals surface area contributed by atoms with E-state index in [9.17, 15) is 9.90 Å². The van der Waals surface area contributed by atoms with Crippen molar-refractivity contribution in [2.45, 2.75) is 13.0 Å². The van der Waals surface area contributed by atoms with Gasteiger partial charge in [-0.2, -0.15) is 5.10 Å². The van der Waals surface area contributed by atoms with Crippen molar-refractivity contribution in [2.75, 3.05) is 7.11 Å². The number of rotatable bonds is 5. The molecule has 1 amide bonds. The average Bonchev–Trinajstić information content (AvgIpc) is 3.06. The van der Waals surface area contributed by atoms with Crippen LogP contribution in [0.5, 0.6) is 11.5 Å². The van der Waals surface area contributed by atoms with Gasteiger partial charge in [0.25, 0.3) is 5.91 Å². The minimum absolute atomic E-state index is 0.0432. The number of hydrogen-bond acceptors (Lipinski definition) is 6. The van der Waals surface area contributed by atoms with Crippen LogP contribution in [0.15, 0.2) is 47.6 Å². The number of methoxy groups -OCH3 is 1. The molecule has 2 N–H and O–H groups in total. The van der Waals surface area contributed by atoms with Crippen LogP contribution in [0.1, 0.15) is 18.5 Å². The van der Waals surface area contributed by atoms with Gasteiger partial charge in [0, 0.05) is 5.56 Å². The molecular weight excluding hydrogens is 322 g/mol. The maximum Gasteiger partial charge on any atom is 0.264 e. The smallest absolute Gasteiger partial charge is 0.264 e. The summed E-state index contributed by atoms with van der Waals surface area (Å²) < 4.78 is 6.55. The van der Waals surface area contributed by atoms with E-state index < -0.39 is 6.04 Å². The van der Waals surface area contributed by atoms with Crippen LogP contribution >= 0.6 is 0 Å². The van der Waals surface area contributed by atoms with Crippen LogP contribution in [-0.2, 0) is 4.79 Å². The predicted molar refractivity (Wildman–Crippen MR) is 92.6 cm³/mol. The van der Waals surface area contributed by atoms with Crippen LogP contribution in [0, 0.1) is 0 Å². The number of carbonyl (C=O) groups is 1. The van der Waals surface area contributed by atoms with Crippen molar-refractivity contribution in [3.05, 3.63) is 48.0 Å². The Morgan fingerprint density at radius 2 is 2.12 bits per heavy atom. The van der Waals surface area contributed by atoms with Crippen LogP contribution in [0.3, 0.4) is 0 Å². The molecule has 1 aromatic heterocycles. The Kier molecular flexibility index (Phi) is 4.60. The Balaban J connectivity index is 1.72. The van der Waals surface area contributed by atoms with Crippen LogP contribution < -0.4 is 10.2 Å². The first kappa shape index (κ1) is 16.4. The summed E-state index contributed by atoms with van der Waals surface area (Å²) in [6.07, 6.45) is 1.35. The molecule has 0 unspecified atom stereocenters. The molecule has 0 saturated carbocycles. The van der Waals surface area contributed by atoms with E-state index in [1.165, 1.54) is 18.0 Å².